The summed E-state index contributed by atoms with van der Waals surface area (Å²) in [4.78, 5) is 2.78. The van der Waals surface area contributed by atoms with Crippen LogP contribution in [0, 0.1) is 23.7 Å². The van der Waals surface area contributed by atoms with E-state index in [0.717, 1.165) is 35.8 Å². The maximum atomic E-state index is 3.85. The van der Waals surface area contributed by atoms with Crippen LogP contribution in [0.15, 0.2) is 0 Å². The highest BCUT2D eigenvalue weighted by atomic mass is 15.2. The average Bonchev–Trinajstić information content (AvgIpc) is 2.75. The van der Waals surface area contributed by atoms with Crippen molar-refractivity contribution in [3.05, 3.63) is 0 Å². The summed E-state index contributed by atoms with van der Waals surface area (Å²) in [5.74, 6) is 3.57. The molecule has 1 aliphatic heterocycles. The Hall–Kier alpha value is -0.0800. The molecule has 0 aromatic heterocycles. The Morgan fingerprint density at radius 3 is 2.48 bits per heavy atom. The predicted molar refractivity (Wildman–Crippen MR) is 92.6 cm³/mol. The lowest BCUT2D eigenvalue weighted by Gasteiger charge is -2.41. The molecular weight excluding hydrogens is 256 g/mol. The van der Waals surface area contributed by atoms with E-state index in [1.54, 1.807) is 0 Å². The van der Waals surface area contributed by atoms with Gasteiger partial charge < -0.3 is 10.2 Å². The zero-order chi connectivity index (χ0) is 15.4. The van der Waals surface area contributed by atoms with Crippen molar-refractivity contribution in [3.63, 3.8) is 0 Å². The van der Waals surface area contributed by atoms with E-state index in [-0.39, 0.29) is 0 Å². The van der Waals surface area contributed by atoms with E-state index in [4.69, 9.17) is 0 Å². The lowest BCUT2D eigenvalue weighted by atomic mass is 9.73. The standard InChI is InChI=1S/C19H38N2/c1-6-9-20-19-8-7-17(14(2)3)11-18(19)13-21-12-15(4)10-16(21)5/h14-20H,6-13H2,1-5H3. The summed E-state index contributed by atoms with van der Waals surface area (Å²) in [5, 5.41) is 3.85. The van der Waals surface area contributed by atoms with Gasteiger partial charge in [0.15, 0.2) is 0 Å². The summed E-state index contributed by atoms with van der Waals surface area (Å²) >= 11 is 0. The Bertz CT molecular complexity index is 302. The molecule has 1 heterocycles. The Labute approximate surface area is 133 Å². The monoisotopic (exact) mass is 294 g/mol. The third kappa shape index (κ3) is 4.69. The van der Waals surface area contributed by atoms with Gasteiger partial charge in [-0.2, -0.15) is 0 Å². The minimum atomic E-state index is 0.767. The van der Waals surface area contributed by atoms with Crippen LogP contribution < -0.4 is 5.32 Å². The smallest absolute Gasteiger partial charge is 0.0108 e. The predicted octanol–water partition coefficient (Wildman–Crippen LogP) is 4.16. The van der Waals surface area contributed by atoms with Gasteiger partial charge in [0, 0.05) is 25.2 Å². The van der Waals surface area contributed by atoms with Crippen molar-refractivity contribution in [3.8, 4) is 0 Å². The maximum absolute atomic E-state index is 3.85. The molecule has 2 aliphatic rings. The first-order valence-electron chi connectivity index (χ1n) is 9.48. The van der Waals surface area contributed by atoms with Gasteiger partial charge >= 0.3 is 0 Å². The summed E-state index contributed by atoms with van der Waals surface area (Å²) in [5.41, 5.74) is 0. The van der Waals surface area contributed by atoms with Gasteiger partial charge in [-0.15, -0.1) is 0 Å². The van der Waals surface area contributed by atoms with Gasteiger partial charge in [0.2, 0.25) is 0 Å². The molecule has 2 fully saturated rings. The van der Waals surface area contributed by atoms with Gasteiger partial charge in [0.05, 0.1) is 0 Å². The van der Waals surface area contributed by atoms with Crippen LogP contribution in [0.1, 0.15) is 66.7 Å². The highest BCUT2D eigenvalue weighted by Gasteiger charge is 2.35. The van der Waals surface area contributed by atoms with Crippen LogP contribution in [0.4, 0.5) is 0 Å². The van der Waals surface area contributed by atoms with Gasteiger partial charge in [-0.25, -0.2) is 0 Å². The van der Waals surface area contributed by atoms with Gasteiger partial charge in [-0.05, 0) is 69.2 Å². The number of hydrogen-bond donors (Lipinski definition) is 1. The van der Waals surface area contributed by atoms with Crippen molar-refractivity contribution in [2.24, 2.45) is 23.7 Å². The summed E-state index contributed by atoms with van der Waals surface area (Å²) in [6.07, 6.45) is 6.92. The Balaban J connectivity index is 1.95. The van der Waals surface area contributed by atoms with Crippen molar-refractivity contribution in [2.75, 3.05) is 19.6 Å². The second-order valence-corrected chi connectivity index (χ2v) is 8.28. The molecule has 0 radical (unpaired) electrons. The molecule has 0 spiro atoms. The zero-order valence-electron chi connectivity index (χ0n) is 15.1. The van der Waals surface area contributed by atoms with Crippen LogP contribution in [0.2, 0.25) is 0 Å². The first kappa shape index (κ1) is 17.3. The van der Waals surface area contributed by atoms with Crippen molar-refractivity contribution >= 4 is 0 Å². The molecular formula is C19H38N2. The largest absolute Gasteiger partial charge is 0.314 e. The van der Waals surface area contributed by atoms with E-state index in [1.165, 1.54) is 51.7 Å². The van der Waals surface area contributed by atoms with E-state index in [0.29, 0.717) is 0 Å². The molecule has 5 atom stereocenters. The molecule has 0 aromatic rings. The highest BCUT2D eigenvalue weighted by Crippen LogP contribution is 2.36. The van der Waals surface area contributed by atoms with Crippen molar-refractivity contribution in [1.29, 1.82) is 0 Å². The van der Waals surface area contributed by atoms with E-state index in [1.807, 2.05) is 0 Å². The molecule has 2 nitrogen and oxygen atoms in total. The molecule has 0 bridgehead atoms. The van der Waals surface area contributed by atoms with Crippen molar-refractivity contribution in [1.82, 2.24) is 10.2 Å². The van der Waals surface area contributed by atoms with E-state index in [9.17, 15) is 0 Å². The van der Waals surface area contributed by atoms with E-state index < -0.39 is 0 Å². The number of hydrogen-bond acceptors (Lipinski definition) is 2. The Morgan fingerprint density at radius 1 is 1.14 bits per heavy atom. The number of rotatable bonds is 6. The topological polar surface area (TPSA) is 15.3 Å². The molecule has 21 heavy (non-hydrogen) atoms. The Morgan fingerprint density at radius 2 is 1.90 bits per heavy atom. The van der Waals surface area contributed by atoms with Crippen molar-refractivity contribution in [2.45, 2.75) is 78.8 Å². The molecule has 1 N–H and O–H groups in total. The van der Waals surface area contributed by atoms with Gasteiger partial charge in [0.25, 0.3) is 0 Å². The lowest BCUT2D eigenvalue weighted by molar-refractivity contribution is 0.117. The summed E-state index contributed by atoms with van der Waals surface area (Å²) < 4.78 is 0. The number of nitrogens with zero attached hydrogens (tertiary/aromatic N) is 1. The summed E-state index contributed by atoms with van der Waals surface area (Å²) in [7, 11) is 0. The van der Waals surface area contributed by atoms with Crippen LogP contribution in [-0.4, -0.2) is 36.6 Å². The first-order chi connectivity index (χ1) is 10.0. The highest BCUT2D eigenvalue weighted by molar-refractivity contribution is 4.90. The average molecular weight is 295 g/mol. The Kier molecular flexibility index (Phi) is 6.55. The van der Waals surface area contributed by atoms with Crippen LogP contribution in [0.5, 0.6) is 0 Å². The maximum Gasteiger partial charge on any atom is 0.0108 e. The quantitative estimate of drug-likeness (QED) is 0.791. The lowest BCUT2D eigenvalue weighted by Crippen LogP contribution is -2.47. The molecule has 2 heteroatoms. The molecule has 5 unspecified atom stereocenters. The molecule has 2 rings (SSSR count). The minimum absolute atomic E-state index is 0.767. The summed E-state index contributed by atoms with van der Waals surface area (Å²) in [6, 6.07) is 1.56. The molecule has 1 saturated heterocycles. The number of likely N-dealkylation sites (tertiary alicyclic amines) is 1. The molecule has 124 valence electrons. The van der Waals surface area contributed by atoms with Crippen LogP contribution in [0.3, 0.4) is 0 Å². The zero-order valence-corrected chi connectivity index (χ0v) is 15.1. The second kappa shape index (κ2) is 7.97. The third-order valence-electron chi connectivity index (χ3n) is 6.00. The van der Waals surface area contributed by atoms with Crippen LogP contribution in [-0.2, 0) is 0 Å². The molecule has 1 saturated carbocycles. The van der Waals surface area contributed by atoms with Gasteiger partial charge in [0.1, 0.15) is 0 Å². The number of nitrogens with one attached hydrogen (secondary N) is 1. The fourth-order valence-electron chi connectivity index (χ4n) is 4.65. The SMILES string of the molecule is CCCNC1CCC(C(C)C)CC1CN1CC(C)CC1C. The normalized spacial score (nSPS) is 38.3. The van der Waals surface area contributed by atoms with Crippen molar-refractivity contribution < 1.29 is 0 Å². The second-order valence-electron chi connectivity index (χ2n) is 8.28. The molecule has 0 amide bonds. The third-order valence-corrected chi connectivity index (χ3v) is 6.00. The van der Waals surface area contributed by atoms with Gasteiger partial charge in [-0.3, -0.25) is 0 Å². The molecule has 1 aliphatic carbocycles. The minimum Gasteiger partial charge on any atom is -0.314 e. The van der Waals surface area contributed by atoms with E-state index in [2.05, 4.69) is 44.8 Å². The molecule has 0 aromatic carbocycles. The van der Waals surface area contributed by atoms with Crippen LogP contribution >= 0.6 is 0 Å². The van der Waals surface area contributed by atoms with Gasteiger partial charge in [-0.1, -0.05) is 27.7 Å². The first-order valence-corrected chi connectivity index (χ1v) is 9.48. The fourth-order valence-corrected chi connectivity index (χ4v) is 4.65. The van der Waals surface area contributed by atoms with Crippen LogP contribution in [0.25, 0.3) is 0 Å². The fraction of sp³-hybridized carbons (Fsp3) is 1.00. The van der Waals surface area contributed by atoms with E-state index >= 15 is 0 Å². The summed E-state index contributed by atoms with van der Waals surface area (Å²) in [6.45, 7) is 15.8.